The van der Waals surface area contributed by atoms with Crippen LogP contribution in [0, 0.1) is 5.92 Å². The Labute approximate surface area is 81.8 Å². The monoisotopic (exact) mass is 185 g/mol. The summed E-state index contributed by atoms with van der Waals surface area (Å²) in [6.07, 6.45) is 6.72. The standard InChI is InChI=1S/C11H23NO/c1-3-11(12)9(2)13-8-7-10-5-4-6-10/h9-11H,3-8,12H2,1-2H3. The van der Waals surface area contributed by atoms with Crippen LogP contribution >= 0.6 is 0 Å². The lowest BCUT2D eigenvalue weighted by Gasteiger charge is -2.26. The summed E-state index contributed by atoms with van der Waals surface area (Å²) in [5.74, 6) is 0.949. The number of rotatable bonds is 6. The first-order chi connectivity index (χ1) is 6.24. The molecule has 0 aliphatic heterocycles. The number of nitrogens with two attached hydrogens (primary N) is 1. The molecule has 13 heavy (non-hydrogen) atoms. The van der Waals surface area contributed by atoms with Gasteiger partial charge in [0.15, 0.2) is 0 Å². The van der Waals surface area contributed by atoms with Gasteiger partial charge < -0.3 is 10.5 Å². The van der Waals surface area contributed by atoms with E-state index in [-0.39, 0.29) is 12.1 Å². The van der Waals surface area contributed by atoms with E-state index in [1.807, 2.05) is 0 Å². The van der Waals surface area contributed by atoms with Gasteiger partial charge in [-0.15, -0.1) is 0 Å². The van der Waals surface area contributed by atoms with Crippen LogP contribution in [-0.4, -0.2) is 18.8 Å². The second-order valence-corrected chi connectivity index (χ2v) is 4.23. The minimum absolute atomic E-state index is 0.210. The maximum atomic E-state index is 5.85. The molecule has 1 aliphatic carbocycles. The van der Waals surface area contributed by atoms with Crippen molar-refractivity contribution in [2.75, 3.05) is 6.61 Å². The lowest BCUT2D eigenvalue weighted by atomic mass is 9.83. The fourth-order valence-corrected chi connectivity index (χ4v) is 1.66. The highest BCUT2D eigenvalue weighted by atomic mass is 16.5. The summed E-state index contributed by atoms with van der Waals surface area (Å²) in [6.45, 7) is 5.09. The van der Waals surface area contributed by atoms with Crippen molar-refractivity contribution in [3.63, 3.8) is 0 Å². The molecule has 0 saturated heterocycles. The third-order valence-electron chi connectivity index (χ3n) is 3.21. The van der Waals surface area contributed by atoms with Crippen LogP contribution in [0.15, 0.2) is 0 Å². The molecule has 2 heteroatoms. The predicted molar refractivity (Wildman–Crippen MR) is 55.6 cm³/mol. The lowest BCUT2D eigenvalue weighted by Crippen LogP contribution is -2.34. The van der Waals surface area contributed by atoms with Crippen LogP contribution in [0.1, 0.15) is 46.0 Å². The highest BCUT2D eigenvalue weighted by Crippen LogP contribution is 2.29. The van der Waals surface area contributed by atoms with Crippen LogP contribution in [0.25, 0.3) is 0 Å². The summed E-state index contributed by atoms with van der Waals surface area (Å²) < 4.78 is 5.68. The van der Waals surface area contributed by atoms with Gasteiger partial charge in [0.2, 0.25) is 0 Å². The molecular weight excluding hydrogens is 162 g/mol. The Morgan fingerprint density at radius 2 is 2.15 bits per heavy atom. The Morgan fingerprint density at radius 1 is 1.46 bits per heavy atom. The smallest absolute Gasteiger partial charge is 0.0697 e. The Morgan fingerprint density at radius 3 is 2.62 bits per heavy atom. The molecule has 0 amide bonds. The van der Waals surface area contributed by atoms with Crippen molar-refractivity contribution < 1.29 is 4.74 Å². The average molecular weight is 185 g/mol. The van der Waals surface area contributed by atoms with Crippen molar-refractivity contribution in [1.82, 2.24) is 0 Å². The van der Waals surface area contributed by atoms with Gasteiger partial charge >= 0.3 is 0 Å². The molecule has 1 saturated carbocycles. The molecule has 1 fully saturated rings. The van der Waals surface area contributed by atoms with Gasteiger partial charge in [-0.1, -0.05) is 26.2 Å². The fraction of sp³-hybridized carbons (Fsp3) is 1.00. The molecule has 1 rings (SSSR count). The van der Waals surface area contributed by atoms with E-state index in [1.165, 1.54) is 25.7 Å². The molecule has 0 bridgehead atoms. The number of hydrogen-bond acceptors (Lipinski definition) is 2. The molecule has 2 nitrogen and oxygen atoms in total. The van der Waals surface area contributed by atoms with Gasteiger partial charge in [-0.25, -0.2) is 0 Å². The van der Waals surface area contributed by atoms with E-state index >= 15 is 0 Å². The third kappa shape index (κ3) is 3.65. The van der Waals surface area contributed by atoms with Gasteiger partial charge in [0, 0.05) is 12.6 Å². The summed E-state index contributed by atoms with van der Waals surface area (Å²) >= 11 is 0. The van der Waals surface area contributed by atoms with Crippen molar-refractivity contribution in [3.05, 3.63) is 0 Å². The maximum Gasteiger partial charge on any atom is 0.0697 e. The number of ether oxygens (including phenoxy) is 1. The minimum Gasteiger partial charge on any atom is -0.377 e. The van der Waals surface area contributed by atoms with Crippen molar-refractivity contribution >= 4 is 0 Å². The highest BCUT2D eigenvalue weighted by molar-refractivity contribution is 4.70. The van der Waals surface area contributed by atoms with Crippen LogP contribution in [-0.2, 0) is 4.74 Å². The summed E-state index contributed by atoms with van der Waals surface area (Å²) in [7, 11) is 0. The fourth-order valence-electron chi connectivity index (χ4n) is 1.66. The van der Waals surface area contributed by atoms with E-state index in [9.17, 15) is 0 Å². The molecule has 0 spiro atoms. The van der Waals surface area contributed by atoms with Crippen molar-refractivity contribution in [2.45, 2.75) is 58.1 Å². The summed E-state index contributed by atoms with van der Waals surface area (Å²) in [5.41, 5.74) is 5.85. The van der Waals surface area contributed by atoms with Crippen molar-refractivity contribution in [2.24, 2.45) is 11.7 Å². The Balaban J connectivity index is 1.97. The predicted octanol–water partition coefficient (Wildman–Crippen LogP) is 2.32. The Hall–Kier alpha value is -0.0800. The molecule has 0 heterocycles. The van der Waals surface area contributed by atoms with Crippen LogP contribution in [0.5, 0.6) is 0 Å². The first-order valence-corrected chi connectivity index (χ1v) is 5.61. The molecule has 78 valence electrons. The average Bonchev–Trinajstić information content (AvgIpc) is 2.07. The van der Waals surface area contributed by atoms with Crippen molar-refractivity contribution in [3.8, 4) is 0 Å². The van der Waals surface area contributed by atoms with Gasteiger partial charge in [0.25, 0.3) is 0 Å². The quantitative estimate of drug-likeness (QED) is 0.689. The second-order valence-electron chi connectivity index (χ2n) is 4.23. The minimum atomic E-state index is 0.210. The van der Waals surface area contributed by atoms with E-state index in [2.05, 4.69) is 13.8 Å². The first kappa shape index (κ1) is 11.0. The van der Waals surface area contributed by atoms with Gasteiger partial charge in [0.05, 0.1) is 6.10 Å². The molecule has 0 aromatic heterocycles. The molecule has 0 radical (unpaired) electrons. The van der Waals surface area contributed by atoms with Gasteiger partial charge in [0.1, 0.15) is 0 Å². The highest BCUT2D eigenvalue weighted by Gasteiger charge is 2.18. The zero-order valence-corrected chi connectivity index (χ0v) is 8.96. The summed E-state index contributed by atoms with van der Waals surface area (Å²) in [4.78, 5) is 0. The molecule has 2 atom stereocenters. The molecule has 2 unspecified atom stereocenters. The SMILES string of the molecule is CCC(N)C(C)OCCC1CCC1. The van der Waals surface area contributed by atoms with E-state index in [1.54, 1.807) is 0 Å². The topological polar surface area (TPSA) is 35.2 Å². The molecule has 2 N–H and O–H groups in total. The van der Waals surface area contributed by atoms with Crippen LogP contribution in [0.3, 0.4) is 0 Å². The van der Waals surface area contributed by atoms with E-state index in [0.29, 0.717) is 0 Å². The zero-order chi connectivity index (χ0) is 9.68. The van der Waals surface area contributed by atoms with E-state index < -0.39 is 0 Å². The lowest BCUT2D eigenvalue weighted by molar-refractivity contribution is 0.0331. The van der Waals surface area contributed by atoms with Crippen LogP contribution in [0.4, 0.5) is 0 Å². The Bertz CT molecular complexity index is 134. The van der Waals surface area contributed by atoms with Gasteiger partial charge in [-0.2, -0.15) is 0 Å². The van der Waals surface area contributed by atoms with Crippen LogP contribution < -0.4 is 5.73 Å². The summed E-state index contributed by atoms with van der Waals surface area (Å²) in [5, 5.41) is 0. The Kier molecular flexibility index (Phi) is 4.74. The van der Waals surface area contributed by atoms with Crippen molar-refractivity contribution in [1.29, 1.82) is 0 Å². The zero-order valence-electron chi connectivity index (χ0n) is 8.96. The van der Waals surface area contributed by atoms with E-state index in [0.717, 1.165) is 18.9 Å². The normalized spacial score (nSPS) is 22.4. The third-order valence-corrected chi connectivity index (χ3v) is 3.21. The second kappa shape index (κ2) is 5.61. The molecule has 0 aromatic carbocycles. The van der Waals surface area contributed by atoms with Crippen LogP contribution in [0.2, 0.25) is 0 Å². The molecule has 0 aromatic rings. The van der Waals surface area contributed by atoms with Gasteiger partial charge in [-0.05, 0) is 25.7 Å². The largest absolute Gasteiger partial charge is 0.377 e. The summed E-state index contributed by atoms with van der Waals surface area (Å²) in [6, 6.07) is 0.210. The molecule has 1 aliphatic rings. The number of hydrogen-bond donors (Lipinski definition) is 1. The molecular formula is C11H23NO. The maximum absolute atomic E-state index is 5.85. The first-order valence-electron chi connectivity index (χ1n) is 5.61. The van der Waals surface area contributed by atoms with Gasteiger partial charge in [-0.3, -0.25) is 0 Å². The van der Waals surface area contributed by atoms with E-state index in [4.69, 9.17) is 10.5 Å².